The molecule has 0 aliphatic heterocycles. The summed E-state index contributed by atoms with van der Waals surface area (Å²) >= 11 is 0. The molecule has 0 saturated carbocycles. The van der Waals surface area contributed by atoms with Crippen LogP contribution in [0.25, 0.3) is 66.1 Å². The van der Waals surface area contributed by atoms with Crippen LogP contribution in [0.15, 0.2) is 140 Å². The van der Waals surface area contributed by atoms with Crippen LogP contribution in [0.2, 0.25) is 0 Å². The summed E-state index contributed by atoms with van der Waals surface area (Å²) in [7, 11) is 0. The fraction of sp³-hybridized carbons (Fsp3) is 0. The molecule has 2 heterocycles. The fourth-order valence-electron chi connectivity index (χ4n) is 6.26. The third kappa shape index (κ3) is 3.17. The van der Waals surface area contributed by atoms with Crippen LogP contribution in [0.1, 0.15) is 5.56 Å². The van der Waals surface area contributed by atoms with Gasteiger partial charge in [-0.3, -0.25) is 0 Å². The van der Waals surface area contributed by atoms with Crippen LogP contribution in [0.5, 0.6) is 0 Å². The van der Waals surface area contributed by atoms with Gasteiger partial charge in [0.25, 0.3) is 0 Å². The third-order valence-electron chi connectivity index (χ3n) is 7.98. The van der Waals surface area contributed by atoms with E-state index in [1.54, 1.807) is 0 Å². The van der Waals surface area contributed by atoms with Gasteiger partial charge in [0, 0.05) is 32.8 Å². The number of benzene rings is 6. The first-order valence-corrected chi connectivity index (χ1v) is 13.4. The van der Waals surface area contributed by atoms with Crippen molar-refractivity contribution >= 4 is 43.6 Å². The first-order valence-electron chi connectivity index (χ1n) is 13.4. The molecule has 186 valence electrons. The Labute approximate surface area is 231 Å². The molecule has 0 fully saturated rings. The van der Waals surface area contributed by atoms with Crippen molar-refractivity contribution in [2.24, 2.45) is 0 Å². The zero-order valence-corrected chi connectivity index (χ0v) is 21.6. The Balaban J connectivity index is 1.36. The van der Waals surface area contributed by atoms with Gasteiger partial charge in [-0.25, -0.2) is 0 Å². The molecule has 40 heavy (non-hydrogen) atoms. The van der Waals surface area contributed by atoms with Crippen LogP contribution in [-0.4, -0.2) is 9.13 Å². The molecule has 0 saturated heterocycles. The van der Waals surface area contributed by atoms with Crippen LogP contribution < -0.4 is 0 Å². The Hall–Kier alpha value is -5.59. The van der Waals surface area contributed by atoms with Gasteiger partial charge in [0.2, 0.25) is 0 Å². The van der Waals surface area contributed by atoms with Gasteiger partial charge in [0.1, 0.15) is 6.07 Å². The Morgan fingerprint density at radius 3 is 1.35 bits per heavy atom. The normalized spacial score (nSPS) is 11.5. The Morgan fingerprint density at radius 2 is 0.875 bits per heavy atom. The summed E-state index contributed by atoms with van der Waals surface area (Å²) in [4.78, 5) is 0. The highest BCUT2D eigenvalue weighted by molar-refractivity contribution is 6.10. The quantitative estimate of drug-likeness (QED) is 0.233. The molecule has 3 heteroatoms. The van der Waals surface area contributed by atoms with E-state index >= 15 is 0 Å². The van der Waals surface area contributed by atoms with E-state index in [-0.39, 0.29) is 0 Å². The van der Waals surface area contributed by atoms with E-state index in [0.717, 1.165) is 33.5 Å². The first-order chi connectivity index (χ1) is 19.8. The molecule has 0 amide bonds. The van der Waals surface area contributed by atoms with Crippen molar-refractivity contribution < 1.29 is 0 Å². The van der Waals surface area contributed by atoms with Crippen molar-refractivity contribution in [2.75, 3.05) is 0 Å². The van der Waals surface area contributed by atoms with Crippen LogP contribution in [-0.2, 0) is 0 Å². The maximum atomic E-state index is 10.2. The number of hydrogen-bond donors (Lipinski definition) is 0. The summed E-state index contributed by atoms with van der Waals surface area (Å²) in [6.07, 6.45) is 0. The number of rotatable bonds is 3. The standard InChI is InChI=1S/C37H23N3/c38-24-26-10-9-15-28(37(26)40-35-18-7-3-13-31(35)32-14-4-8-19-36(32)40)25-20-22-27(23-21-25)39-33-16-5-1-11-29(33)30-12-2-6-17-34(30)39/h1-23H. The van der Waals surface area contributed by atoms with E-state index in [1.165, 1.54) is 32.6 Å². The van der Waals surface area contributed by atoms with Gasteiger partial charge in [-0.05, 0) is 48.0 Å². The number of fused-ring (bicyclic) bond motifs is 6. The van der Waals surface area contributed by atoms with Crippen LogP contribution in [0.4, 0.5) is 0 Å². The second-order valence-corrected chi connectivity index (χ2v) is 10.1. The smallest absolute Gasteiger partial charge is 0.101 e. The van der Waals surface area contributed by atoms with Crippen molar-refractivity contribution in [1.29, 1.82) is 5.26 Å². The molecule has 0 N–H and O–H groups in total. The summed E-state index contributed by atoms with van der Waals surface area (Å²) < 4.78 is 4.58. The molecule has 2 aromatic heterocycles. The highest BCUT2D eigenvalue weighted by Crippen LogP contribution is 2.38. The second kappa shape index (κ2) is 8.73. The topological polar surface area (TPSA) is 33.6 Å². The van der Waals surface area contributed by atoms with Gasteiger partial charge < -0.3 is 9.13 Å². The maximum absolute atomic E-state index is 10.2. The molecule has 0 radical (unpaired) electrons. The molecular weight excluding hydrogens is 486 g/mol. The van der Waals surface area contributed by atoms with Crippen molar-refractivity contribution in [2.45, 2.75) is 0 Å². The lowest BCUT2D eigenvalue weighted by molar-refractivity contribution is 1.16. The van der Waals surface area contributed by atoms with Crippen LogP contribution in [0.3, 0.4) is 0 Å². The Morgan fingerprint density at radius 1 is 0.425 bits per heavy atom. The fourth-order valence-corrected chi connectivity index (χ4v) is 6.26. The highest BCUT2D eigenvalue weighted by Gasteiger charge is 2.19. The zero-order chi connectivity index (χ0) is 26.6. The number of nitrogens with zero attached hydrogens (tertiary/aromatic N) is 3. The summed E-state index contributed by atoms with van der Waals surface area (Å²) in [5.41, 5.74) is 9.32. The Bertz CT molecular complexity index is 2170. The summed E-state index contributed by atoms with van der Waals surface area (Å²) in [5, 5.41) is 15.1. The SMILES string of the molecule is N#Cc1cccc(-c2ccc(-n3c4ccccc4c4ccccc43)cc2)c1-n1c2ccccc2c2ccccc21. The second-order valence-electron chi connectivity index (χ2n) is 10.1. The van der Waals surface area contributed by atoms with E-state index < -0.39 is 0 Å². The minimum absolute atomic E-state index is 0.649. The molecule has 0 bridgehead atoms. The highest BCUT2D eigenvalue weighted by atomic mass is 15.0. The number of hydrogen-bond acceptors (Lipinski definition) is 1. The van der Waals surface area contributed by atoms with Crippen LogP contribution in [0, 0.1) is 11.3 Å². The van der Waals surface area contributed by atoms with Gasteiger partial charge in [-0.1, -0.05) is 97.1 Å². The van der Waals surface area contributed by atoms with Crippen LogP contribution >= 0.6 is 0 Å². The maximum Gasteiger partial charge on any atom is 0.101 e. The van der Waals surface area contributed by atoms with Gasteiger partial charge in [0.15, 0.2) is 0 Å². The monoisotopic (exact) mass is 509 g/mol. The van der Waals surface area contributed by atoms with Crippen molar-refractivity contribution in [3.05, 3.63) is 145 Å². The molecule has 3 nitrogen and oxygen atoms in total. The van der Waals surface area contributed by atoms with Gasteiger partial charge in [-0.15, -0.1) is 0 Å². The average Bonchev–Trinajstić information content (AvgIpc) is 3.54. The summed E-state index contributed by atoms with van der Waals surface area (Å²) in [6, 6.07) is 51.2. The lowest BCUT2D eigenvalue weighted by Gasteiger charge is -2.16. The van der Waals surface area contributed by atoms with Crippen molar-refractivity contribution in [1.82, 2.24) is 9.13 Å². The lowest BCUT2D eigenvalue weighted by atomic mass is 9.99. The van der Waals surface area contributed by atoms with Crippen molar-refractivity contribution in [3.8, 4) is 28.6 Å². The zero-order valence-electron chi connectivity index (χ0n) is 21.6. The molecular formula is C37H23N3. The van der Waals surface area contributed by atoms with Gasteiger partial charge in [0.05, 0.1) is 33.3 Å². The molecule has 8 rings (SSSR count). The molecule has 0 spiro atoms. The van der Waals surface area contributed by atoms with Crippen molar-refractivity contribution in [3.63, 3.8) is 0 Å². The number of para-hydroxylation sites is 5. The lowest BCUT2D eigenvalue weighted by Crippen LogP contribution is -2.01. The van der Waals surface area contributed by atoms with E-state index in [2.05, 4.69) is 143 Å². The Kier molecular flexibility index (Phi) is 4.89. The molecule has 8 aromatic rings. The molecule has 0 aliphatic carbocycles. The van der Waals surface area contributed by atoms with E-state index in [1.807, 2.05) is 12.1 Å². The number of aromatic nitrogens is 2. The van der Waals surface area contributed by atoms with E-state index in [4.69, 9.17) is 0 Å². The first kappa shape index (κ1) is 22.4. The minimum Gasteiger partial charge on any atom is -0.309 e. The average molecular weight is 510 g/mol. The summed E-state index contributed by atoms with van der Waals surface area (Å²) in [6.45, 7) is 0. The van der Waals surface area contributed by atoms with Gasteiger partial charge in [-0.2, -0.15) is 5.26 Å². The third-order valence-corrected chi connectivity index (χ3v) is 7.98. The number of nitriles is 1. The predicted molar refractivity (Wildman–Crippen MR) is 165 cm³/mol. The van der Waals surface area contributed by atoms with Gasteiger partial charge >= 0.3 is 0 Å². The predicted octanol–water partition coefficient (Wildman–Crippen LogP) is 9.42. The molecule has 6 aromatic carbocycles. The summed E-state index contributed by atoms with van der Waals surface area (Å²) in [5.74, 6) is 0. The minimum atomic E-state index is 0.649. The van der Waals surface area contributed by atoms with E-state index in [9.17, 15) is 5.26 Å². The molecule has 0 atom stereocenters. The van der Waals surface area contributed by atoms with E-state index in [0.29, 0.717) is 5.56 Å². The largest absolute Gasteiger partial charge is 0.309 e. The molecule has 0 unspecified atom stereocenters. The molecule has 0 aliphatic rings.